The van der Waals surface area contributed by atoms with E-state index in [1.807, 2.05) is 6.26 Å². The first-order chi connectivity index (χ1) is 3.31. The Balaban J connectivity index is 2.83. The van der Waals surface area contributed by atoms with Crippen molar-refractivity contribution in [2.75, 3.05) is 17.3 Å². The number of aliphatic hydroxyl groups is 1. The summed E-state index contributed by atoms with van der Waals surface area (Å²) in [6.45, 7) is 0. The van der Waals surface area contributed by atoms with Crippen molar-refractivity contribution in [1.82, 2.24) is 0 Å². The summed E-state index contributed by atoms with van der Waals surface area (Å²) in [6.07, 6.45) is 1.81. The fourth-order valence-corrected chi connectivity index (χ4v) is 1.27. The molecule has 0 heterocycles. The van der Waals surface area contributed by atoms with Gasteiger partial charge in [0.2, 0.25) is 0 Å². The second kappa shape index (κ2) is 4.94. The van der Waals surface area contributed by atoms with Crippen LogP contribution < -0.4 is 0 Å². The monoisotopic (exact) mass is 184 g/mol. The van der Waals surface area contributed by atoms with Gasteiger partial charge in [0.25, 0.3) is 0 Å². The molecule has 0 aromatic heterocycles. The number of alkyl halides is 1. The van der Waals surface area contributed by atoms with Crippen molar-refractivity contribution in [1.29, 1.82) is 0 Å². The van der Waals surface area contributed by atoms with Gasteiger partial charge in [-0.05, 0) is 6.26 Å². The molecule has 0 amide bonds. The third-order valence-corrected chi connectivity index (χ3v) is 2.00. The maximum Gasteiger partial charge on any atom is 0.0727 e. The molecule has 0 bridgehead atoms. The molecule has 0 spiro atoms. The van der Waals surface area contributed by atoms with Crippen LogP contribution in [0.4, 0.5) is 0 Å². The molecule has 0 rings (SSSR count). The van der Waals surface area contributed by atoms with E-state index in [4.69, 9.17) is 5.11 Å². The van der Waals surface area contributed by atoms with Crippen LogP contribution in [0, 0.1) is 0 Å². The topological polar surface area (TPSA) is 20.2 Å². The summed E-state index contributed by atoms with van der Waals surface area (Å²) < 4.78 is 0. The first-order valence-electron chi connectivity index (χ1n) is 2.04. The first kappa shape index (κ1) is 7.79. The molecule has 0 saturated carbocycles. The highest BCUT2D eigenvalue weighted by Crippen LogP contribution is 1.98. The van der Waals surface area contributed by atoms with Crippen molar-refractivity contribution in [2.24, 2.45) is 0 Å². The lowest BCUT2D eigenvalue weighted by atomic mass is 10.5. The fraction of sp³-hybridized carbons (Fsp3) is 1.00. The van der Waals surface area contributed by atoms with Crippen LogP contribution in [0.1, 0.15) is 0 Å². The van der Waals surface area contributed by atoms with E-state index in [0.717, 1.165) is 5.75 Å². The lowest BCUT2D eigenvalue weighted by Gasteiger charge is -2.00. The van der Waals surface area contributed by atoms with Crippen LogP contribution in [0.5, 0.6) is 0 Å². The minimum Gasteiger partial charge on any atom is -0.391 e. The molecule has 0 fully saturated rings. The molecule has 0 saturated heterocycles. The van der Waals surface area contributed by atoms with E-state index >= 15 is 0 Å². The number of thioether (sulfide) groups is 1. The maximum atomic E-state index is 8.79. The Kier molecular flexibility index (Phi) is 5.49. The van der Waals surface area contributed by atoms with Gasteiger partial charge in [-0.1, -0.05) is 15.9 Å². The van der Waals surface area contributed by atoms with Crippen LogP contribution in [0.3, 0.4) is 0 Å². The van der Waals surface area contributed by atoms with E-state index in [1.165, 1.54) is 0 Å². The normalized spacial score (nSPS) is 14.1. The standard InChI is InChI=1S/C4H9BrOS/c1-7-3-4(6)2-5/h4,6H,2-3H2,1H3. The SMILES string of the molecule is CSCC(O)CBr. The van der Waals surface area contributed by atoms with Crippen molar-refractivity contribution < 1.29 is 5.11 Å². The van der Waals surface area contributed by atoms with Crippen LogP contribution in [-0.4, -0.2) is 28.5 Å². The number of rotatable bonds is 3. The summed E-state index contributed by atoms with van der Waals surface area (Å²) in [6, 6.07) is 0. The van der Waals surface area contributed by atoms with Crippen molar-refractivity contribution in [3.8, 4) is 0 Å². The van der Waals surface area contributed by atoms with Crippen molar-refractivity contribution in [3.05, 3.63) is 0 Å². The lowest BCUT2D eigenvalue weighted by Crippen LogP contribution is -2.10. The molecule has 1 atom stereocenters. The van der Waals surface area contributed by atoms with Crippen molar-refractivity contribution in [3.63, 3.8) is 0 Å². The Morgan fingerprint density at radius 2 is 2.43 bits per heavy atom. The highest BCUT2D eigenvalue weighted by molar-refractivity contribution is 9.09. The van der Waals surface area contributed by atoms with Gasteiger partial charge < -0.3 is 5.11 Å². The molecule has 0 aliphatic carbocycles. The second-order valence-electron chi connectivity index (χ2n) is 1.26. The van der Waals surface area contributed by atoms with Gasteiger partial charge in [-0.15, -0.1) is 0 Å². The molecular weight excluding hydrogens is 176 g/mol. The van der Waals surface area contributed by atoms with Gasteiger partial charge in [0, 0.05) is 11.1 Å². The van der Waals surface area contributed by atoms with Gasteiger partial charge in [-0.2, -0.15) is 11.8 Å². The van der Waals surface area contributed by atoms with Gasteiger partial charge >= 0.3 is 0 Å². The van der Waals surface area contributed by atoms with E-state index in [9.17, 15) is 0 Å². The quantitative estimate of drug-likeness (QED) is 0.664. The van der Waals surface area contributed by atoms with E-state index in [-0.39, 0.29) is 6.10 Å². The molecule has 0 aliphatic rings. The summed E-state index contributed by atoms with van der Waals surface area (Å²) >= 11 is 4.81. The second-order valence-corrected chi connectivity index (χ2v) is 2.82. The molecular formula is C4H9BrOS. The predicted molar refractivity (Wildman–Crippen MR) is 38.2 cm³/mol. The zero-order chi connectivity index (χ0) is 5.70. The molecule has 0 aliphatic heterocycles. The fourth-order valence-electron chi connectivity index (χ4n) is 0.237. The molecule has 0 radical (unpaired) electrons. The summed E-state index contributed by atoms with van der Waals surface area (Å²) in [4.78, 5) is 0. The minimum atomic E-state index is -0.171. The van der Waals surface area contributed by atoms with Crippen LogP contribution in [0.2, 0.25) is 0 Å². The molecule has 1 nitrogen and oxygen atoms in total. The Hall–Kier alpha value is 0.790. The van der Waals surface area contributed by atoms with Crippen molar-refractivity contribution in [2.45, 2.75) is 6.10 Å². The van der Waals surface area contributed by atoms with Crippen molar-refractivity contribution >= 4 is 27.7 Å². The van der Waals surface area contributed by atoms with Crippen LogP contribution in [0.15, 0.2) is 0 Å². The average molecular weight is 185 g/mol. The number of halogens is 1. The molecule has 1 unspecified atom stereocenters. The smallest absolute Gasteiger partial charge is 0.0727 e. The van der Waals surface area contributed by atoms with Gasteiger partial charge in [-0.3, -0.25) is 0 Å². The van der Waals surface area contributed by atoms with Gasteiger partial charge in [0.1, 0.15) is 0 Å². The third kappa shape index (κ3) is 4.65. The number of aliphatic hydroxyl groups excluding tert-OH is 1. The maximum absolute atomic E-state index is 8.79. The predicted octanol–water partition coefficient (Wildman–Crippen LogP) is 1.11. The Morgan fingerprint density at radius 1 is 1.86 bits per heavy atom. The molecule has 0 aromatic carbocycles. The highest BCUT2D eigenvalue weighted by Gasteiger charge is 1.96. The van der Waals surface area contributed by atoms with E-state index in [0.29, 0.717) is 5.33 Å². The first-order valence-corrected chi connectivity index (χ1v) is 4.55. The Labute approximate surface area is 56.6 Å². The van der Waals surface area contributed by atoms with Gasteiger partial charge in [0.05, 0.1) is 6.10 Å². The number of hydrogen-bond donors (Lipinski definition) is 1. The van der Waals surface area contributed by atoms with Crippen LogP contribution in [0.25, 0.3) is 0 Å². The van der Waals surface area contributed by atoms with Gasteiger partial charge in [-0.25, -0.2) is 0 Å². The largest absolute Gasteiger partial charge is 0.391 e. The van der Waals surface area contributed by atoms with Crippen LogP contribution in [-0.2, 0) is 0 Å². The zero-order valence-corrected chi connectivity index (χ0v) is 6.63. The Bertz CT molecular complexity index is 42.7. The van der Waals surface area contributed by atoms with E-state index in [2.05, 4.69) is 15.9 Å². The summed E-state index contributed by atoms with van der Waals surface area (Å²) in [7, 11) is 0. The number of hydrogen-bond acceptors (Lipinski definition) is 2. The lowest BCUT2D eigenvalue weighted by molar-refractivity contribution is 0.226. The molecule has 3 heteroatoms. The average Bonchev–Trinajstić information content (AvgIpc) is 1.68. The molecule has 1 N–H and O–H groups in total. The summed E-state index contributed by atoms with van der Waals surface area (Å²) in [5.74, 6) is 0.825. The molecule has 0 aromatic rings. The summed E-state index contributed by atoms with van der Waals surface area (Å²) in [5, 5.41) is 9.48. The van der Waals surface area contributed by atoms with E-state index < -0.39 is 0 Å². The minimum absolute atomic E-state index is 0.171. The van der Waals surface area contributed by atoms with Gasteiger partial charge in [0.15, 0.2) is 0 Å². The summed E-state index contributed by atoms with van der Waals surface area (Å²) in [5.41, 5.74) is 0. The zero-order valence-electron chi connectivity index (χ0n) is 4.22. The molecule has 44 valence electrons. The van der Waals surface area contributed by atoms with Crippen LogP contribution >= 0.6 is 27.7 Å². The van der Waals surface area contributed by atoms with E-state index in [1.54, 1.807) is 11.8 Å². The third-order valence-electron chi connectivity index (χ3n) is 0.537. The Morgan fingerprint density at radius 3 is 2.57 bits per heavy atom. The molecule has 7 heavy (non-hydrogen) atoms. The highest BCUT2D eigenvalue weighted by atomic mass is 79.9.